The maximum Gasteiger partial charge on any atom is 0.330 e. The van der Waals surface area contributed by atoms with Crippen LogP contribution in [0.4, 0.5) is 0 Å². The lowest BCUT2D eigenvalue weighted by Gasteiger charge is -2.50. The normalized spacial score (nSPS) is 48.6. The van der Waals surface area contributed by atoms with Crippen molar-refractivity contribution in [1.82, 2.24) is 0 Å². The smallest absolute Gasteiger partial charge is 0.330 e. The number of fused-ring (bicyclic) bond motifs is 1. The summed E-state index contributed by atoms with van der Waals surface area (Å²) in [4.78, 5) is 26.1. The molecule has 8 rings (SSSR count). The van der Waals surface area contributed by atoms with Gasteiger partial charge in [0.15, 0.2) is 31.1 Å². The molecule has 0 aromatic rings. The molecule has 8 aliphatic rings. The molecule has 4 aliphatic carbocycles. The SMILES string of the molecule is COC1CC(C=CC(=O)OC[C@H]2O[C@@H](O[C@H]3[C@H](OC4CC5C(O[C@@H]6O[C@H](CO)[C@@H](O)[C@H](O)[C@H]6O)CC(O)CC5[OH+]C4C4CCC(O)C(O)C4)O[C@H](COC(=O)C=CC4CCC(O)CC4)[C@@H](O)[C@@H]3O)[C@H](O)[C@@H](O)[C@@H]2O)CC(OC)C1O. The Hall–Kier alpha value is -2.50. The van der Waals surface area contributed by atoms with Gasteiger partial charge < -0.3 is 124 Å². The van der Waals surface area contributed by atoms with Crippen molar-refractivity contribution in [3.8, 4) is 0 Å². The Morgan fingerprint density at radius 2 is 1.02 bits per heavy atom. The third-order valence-electron chi connectivity index (χ3n) is 17.6. The summed E-state index contributed by atoms with van der Waals surface area (Å²) in [6, 6.07) is 0. The first-order chi connectivity index (χ1) is 38.2. The maximum absolute atomic E-state index is 13.1. The van der Waals surface area contributed by atoms with Gasteiger partial charge in [-0.15, -0.1) is 0 Å². The quantitative estimate of drug-likeness (QED) is 0.0346. The molecule has 458 valence electrons. The predicted octanol–water partition coefficient (Wildman–Crippen LogP) is -5.29. The summed E-state index contributed by atoms with van der Waals surface area (Å²) < 4.78 is 64.1. The summed E-state index contributed by atoms with van der Waals surface area (Å²) in [7, 11) is 2.89. The Bertz CT molecular complexity index is 2000. The molecule has 0 bridgehead atoms. The van der Waals surface area contributed by atoms with Crippen LogP contribution in [-0.2, 0) is 57.0 Å². The monoisotopic (exact) mass is 1150 g/mol. The first-order valence-electron chi connectivity index (χ1n) is 28.0. The number of aliphatic hydroxyl groups excluding tert-OH is 14. The van der Waals surface area contributed by atoms with E-state index in [0.29, 0.717) is 44.9 Å². The van der Waals surface area contributed by atoms with E-state index < -0.39 is 203 Å². The molecule has 80 heavy (non-hydrogen) atoms. The fourth-order valence-corrected chi connectivity index (χ4v) is 12.8. The van der Waals surface area contributed by atoms with Gasteiger partial charge in [0.05, 0.1) is 55.3 Å². The van der Waals surface area contributed by atoms with Gasteiger partial charge in [0, 0.05) is 45.1 Å². The fraction of sp³-hybridized carbons (Fsp3) is 0.887. The number of hydrogen-bond acceptors (Lipinski definition) is 26. The average Bonchev–Trinajstić information content (AvgIpc) is 3.57. The van der Waals surface area contributed by atoms with Crippen LogP contribution in [0.3, 0.4) is 0 Å². The number of ether oxygens (including phenoxy) is 11. The molecule has 0 amide bonds. The molecule has 11 unspecified atom stereocenters. The van der Waals surface area contributed by atoms with E-state index in [1.54, 1.807) is 12.2 Å². The van der Waals surface area contributed by atoms with Crippen LogP contribution < -0.4 is 0 Å². The Labute approximate surface area is 462 Å². The van der Waals surface area contributed by atoms with Gasteiger partial charge in [0.25, 0.3) is 0 Å². The summed E-state index contributed by atoms with van der Waals surface area (Å²) in [5, 5.41) is 152. The third-order valence-corrected chi connectivity index (χ3v) is 17.6. The van der Waals surface area contributed by atoms with Gasteiger partial charge in [-0.1, -0.05) is 12.2 Å². The molecule has 27 heteroatoms. The molecule has 15 N–H and O–H groups in total. The number of rotatable bonds is 18. The second-order valence-electron chi connectivity index (χ2n) is 22.9. The summed E-state index contributed by atoms with van der Waals surface area (Å²) >= 11 is 0. The lowest BCUT2D eigenvalue weighted by Crippen LogP contribution is -2.66. The summed E-state index contributed by atoms with van der Waals surface area (Å²) in [6.45, 7) is -2.06. The van der Waals surface area contributed by atoms with Crippen molar-refractivity contribution in [2.75, 3.05) is 34.0 Å². The van der Waals surface area contributed by atoms with Crippen molar-refractivity contribution in [3.05, 3.63) is 24.3 Å². The van der Waals surface area contributed by atoms with Crippen molar-refractivity contribution >= 4 is 11.9 Å². The molecule has 4 saturated heterocycles. The van der Waals surface area contributed by atoms with Crippen molar-refractivity contribution < 1.29 is 133 Å². The van der Waals surface area contributed by atoms with Gasteiger partial charge in [-0.3, -0.25) is 0 Å². The minimum Gasteiger partial charge on any atom is -0.460 e. The number of carbonyl (C=O) groups is 2. The molecule has 0 spiro atoms. The van der Waals surface area contributed by atoms with Gasteiger partial charge >= 0.3 is 11.9 Å². The molecule has 4 aliphatic heterocycles. The van der Waals surface area contributed by atoms with Gasteiger partial charge in [-0.25, -0.2) is 9.59 Å². The average molecular weight is 1150 g/mol. The van der Waals surface area contributed by atoms with Gasteiger partial charge in [0.2, 0.25) is 0 Å². The van der Waals surface area contributed by atoms with Crippen LogP contribution in [0.25, 0.3) is 0 Å². The van der Waals surface area contributed by atoms with Crippen LogP contribution in [0.1, 0.15) is 77.0 Å². The zero-order valence-corrected chi connectivity index (χ0v) is 44.8. The van der Waals surface area contributed by atoms with E-state index in [2.05, 4.69) is 0 Å². The van der Waals surface area contributed by atoms with E-state index in [9.17, 15) is 81.1 Å². The van der Waals surface area contributed by atoms with Crippen LogP contribution in [0, 0.1) is 23.7 Å². The van der Waals surface area contributed by atoms with Crippen LogP contribution in [0.2, 0.25) is 0 Å². The largest absolute Gasteiger partial charge is 0.460 e. The van der Waals surface area contributed by atoms with E-state index >= 15 is 0 Å². The highest BCUT2D eigenvalue weighted by molar-refractivity contribution is 5.82. The van der Waals surface area contributed by atoms with Crippen LogP contribution >= 0.6 is 0 Å². The van der Waals surface area contributed by atoms with Crippen molar-refractivity contribution in [2.45, 2.75) is 236 Å². The second kappa shape index (κ2) is 28.6. The molecule has 27 nitrogen and oxygen atoms in total. The van der Waals surface area contributed by atoms with Gasteiger partial charge in [-0.05, 0) is 76.0 Å². The second-order valence-corrected chi connectivity index (χ2v) is 22.9. The molecule has 4 saturated carbocycles. The van der Waals surface area contributed by atoms with Crippen LogP contribution in [0.15, 0.2) is 24.3 Å². The lowest BCUT2D eigenvalue weighted by molar-refractivity contribution is -0.390. The van der Waals surface area contributed by atoms with Crippen LogP contribution in [-0.4, -0.2) is 281 Å². The fourth-order valence-electron chi connectivity index (χ4n) is 12.8. The minimum absolute atomic E-state index is 0.00857. The van der Waals surface area contributed by atoms with E-state index in [4.69, 9.17) is 52.1 Å². The number of allylic oxidation sites excluding steroid dienone is 2. The highest BCUT2D eigenvalue weighted by Gasteiger charge is 2.58. The van der Waals surface area contributed by atoms with E-state index in [-0.39, 0.29) is 43.9 Å². The Balaban J connectivity index is 1.03. The highest BCUT2D eigenvalue weighted by atomic mass is 16.8. The van der Waals surface area contributed by atoms with Crippen LogP contribution in [0.5, 0.6) is 0 Å². The van der Waals surface area contributed by atoms with Crippen molar-refractivity contribution in [1.29, 1.82) is 0 Å². The molecule has 0 radical (unpaired) electrons. The number of carbonyl (C=O) groups excluding carboxylic acids is 2. The zero-order chi connectivity index (χ0) is 57.7. The standard InChI is InChI=1S/C53H84O27/c1-70-32-13-23(14-33(71-2)40(32)61)6-12-39(60)72-20-36-42(63)45(66)48(69)52(78-36)80-50-46(67)43(64)37(21-73-38(59)11-5-22-3-8-25(55)9-4-22)79-53(50)76-34-18-27-30(74-49(34)24-7-10-28(57)29(58)15-24)16-26(56)17-31(27)75-51-47(68)44(65)41(62)35(19-54)77-51/h5-6,11-12,22-37,40-58,61-69H,3-4,7-10,13-21H2,1-2H3/p+1/t22?,23?,24?,25?,26?,27?,28?,29?,30?,31?,32?,33?,34?,35-,36-,37-,40?,41-,42-,43-,44+,45+,46+,47-,48-,49?,50-,51-,52+,53-/m1/s1. The summed E-state index contributed by atoms with van der Waals surface area (Å²) in [6.07, 6.45) is -26.4. The first kappa shape index (κ1) is 63.5. The Morgan fingerprint density at radius 1 is 0.487 bits per heavy atom. The molecule has 0 aromatic carbocycles. The van der Waals surface area contributed by atoms with E-state index in [0.717, 1.165) is 6.08 Å². The van der Waals surface area contributed by atoms with Crippen molar-refractivity contribution in [3.63, 3.8) is 0 Å². The first-order valence-corrected chi connectivity index (χ1v) is 28.0. The maximum atomic E-state index is 13.1. The number of hydrogen-bond donors (Lipinski definition) is 14. The minimum atomic E-state index is -2.05. The summed E-state index contributed by atoms with van der Waals surface area (Å²) in [5.41, 5.74) is 0. The Morgan fingerprint density at radius 3 is 1.61 bits per heavy atom. The van der Waals surface area contributed by atoms with Gasteiger partial charge in [-0.2, -0.15) is 0 Å². The molecule has 0 aromatic heterocycles. The third kappa shape index (κ3) is 15.1. The van der Waals surface area contributed by atoms with Crippen molar-refractivity contribution in [2.24, 2.45) is 23.7 Å². The van der Waals surface area contributed by atoms with Gasteiger partial charge in [0.1, 0.15) is 98.7 Å². The zero-order valence-electron chi connectivity index (χ0n) is 44.8. The molecule has 8 fully saturated rings. The molecule has 4 heterocycles. The predicted molar refractivity (Wildman–Crippen MR) is 267 cm³/mol. The highest BCUT2D eigenvalue weighted by Crippen LogP contribution is 2.45. The molecular formula is C53H85O27+. The van der Waals surface area contributed by atoms with E-state index in [1.807, 2.05) is 0 Å². The topological polar surface area (TPSA) is 422 Å². The number of methoxy groups -OCH3 is 2. The molecular weight excluding hydrogens is 1070 g/mol. The summed E-state index contributed by atoms with van der Waals surface area (Å²) in [5.74, 6) is -3.07. The van der Waals surface area contributed by atoms with E-state index in [1.165, 1.54) is 20.3 Å². The number of aliphatic hydroxyl groups is 16. The molecule has 26 atom stereocenters. The lowest BCUT2D eigenvalue weighted by atomic mass is 9.72. The number of esters is 2. The Kier molecular flexibility index (Phi) is 22.7.